The quantitative estimate of drug-likeness (QED) is 0.594. The van der Waals surface area contributed by atoms with Crippen molar-refractivity contribution in [1.29, 1.82) is 0 Å². The molecule has 1 aromatic carbocycles. The molecule has 0 saturated carbocycles. The van der Waals surface area contributed by atoms with E-state index in [1.807, 2.05) is 6.07 Å². The van der Waals surface area contributed by atoms with Crippen LogP contribution in [0.1, 0.15) is 10.4 Å². The van der Waals surface area contributed by atoms with Crippen molar-refractivity contribution in [3.63, 3.8) is 0 Å². The normalized spacial score (nSPS) is 17.9. The van der Waals surface area contributed by atoms with Crippen LogP contribution in [-0.2, 0) is 0 Å². The van der Waals surface area contributed by atoms with Gasteiger partial charge in [0.15, 0.2) is 0 Å². The van der Waals surface area contributed by atoms with Gasteiger partial charge < -0.3 is 16.1 Å². The highest BCUT2D eigenvalue weighted by atomic mass is 16.1. The van der Waals surface area contributed by atoms with Gasteiger partial charge in [-0.2, -0.15) is 0 Å². The number of aldehydes is 1. The van der Waals surface area contributed by atoms with E-state index in [1.165, 1.54) is 0 Å². The Morgan fingerprint density at radius 2 is 2.00 bits per heavy atom. The second-order valence-electron chi connectivity index (χ2n) is 4.37. The van der Waals surface area contributed by atoms with Crippen LogP contribution in [0.3, 0.4) is 0 Å². The van der Waals surface area contributed by atoms with Crippen molar-refractivity contribution >= 4 is 17.7 Å². The number of nitrogens with one attached hydrogen (secondary N) is 1. The molecule has 0 aromatic heterocycles. The fourth-order valence-electron chi connectivity index (χ4n) is 1.84. The first-order chi connectivity index (χ1) is 8.19. The van der Waals surface area contributed by atoms with Gasteiger partial charge in [-0.3, -0.25) is 4.79 Å². The molecule has 0 unspecified atom stereocenters. The highest BCUT2D eigenvalue weighted by molar-refractivity contribution is 5.80. The maximum Gasteiger partial charge on any atom is 0.150 e. The molecule has 1 aliphatic heterocycles. The summed E-state index contributed by atoms with van der Waals surface area (Å²) in [7, 11) is 2.12. The Labute approximate surface area is 101 Å². The highest BCUT2D eigenvalue weighted by Crippen LogP contribution is 2.20. The number of benzene rings is 1. The van der Waals surface area contributed by atoms with Gasteiger partial charge in [-0.05, 0) is 25.2 Å². The fourth-order valence-corrected chi connectivity index (χ4v) is 1.84. The van der Waals surface area contributed by atoms with Crippen LogP contribution in [0.15, 0.2) is 18.2 Å². The van der Waals surface area contributed by atoms with E-state index in [4.69, 9.17) is 5.73 Å². The summed E-state index contributed by atoms with van der Waals surface area (Å²) in [6.07, 6.45) is 0.802. The van der Waals surface area contributed by atoms with Gasteiger partial charge in [-0.15, -0.1) is 0 Å². The zero-order valence-corrected chi connectivity index (χ0v) is 10.0. The average Bonchev–Trinajstić information content (AvgIpc) is 2.34. The lowest BCUT2D eigenvalue weighted by atomic mass is 10.2. The Kier molecular flexibility index (Phi) is 3.61. The lowest BCUT2D eigenvalue weighted by Gasteiger charge is -2.33. The van der Waals surface area contributed by atoms with E-state index in [-0.39, 0.29) is 0 Å². The molecular weight excluding hydrogens is 216 g/mol. The molecule has 0 radical (unpaired) electrons. The molecule has 1 fully saturated rings. The first kappa shape index (κ1) is 11.9. The zero-order valence-electron chi connectivity index (χ0n) is 10.0. The Bertz CT molecular complexity index is 399. The molecular formula is C12H18N4O. The molecule has 0 bridgehead atoms. The molecule has 92 valence electrons. The van der Waals surface area contributed by atoms with Crippen molar-refractivity contribution < 1.29 is 4.79 Å². The minimum Gasteiger partial charge on any atom is -0.397 e. The van der Waals surface area contributed by atoms with Crippen LogP contribution < -0.4 is 11.2 Å². The molecule has 2 rings (SSSR count). The van der Waals surface area contributed by atoms with Gasteiger partial charge in [-0.25, -0.2) is 5.01 Å². The van der Waals surface area contributed by atoms with Crippen molar-refractivity contribution in [3.05, 3.63) is 23.8 Å². The number of anilines is 2. The smallest absolute Gasteiger partial charge is 0.150 e. The number of hydrogen-bond donors (Lipinski definition) is 2. The van der Waals surface area contributed by atoms with Crippen LogP contribution >= 0.6 is 0 Å². The van der Waals surface area contributed by atoms with E-state index < -0.39 is 0 Å². The minimum absolute atomic E-state index is 0.603. The van der Waals surface area contributed by atoms with E-state index in [0.717, 1.165) is 38.2 Å². The molecule has 17 heavy (non-hydrogen) atoms. The number of piperazine rings is 1. The number of carbonyl (C=O) groups excluding carboxylic acids is 1. The topological polar surface area (TPSA) is 61.6 Å². The van der Waals surface area contributed by atoms with Crippen molar-refractivity contribution in [2.24, 2.45) is 0 Å². The van der Waals surface area contributed by atoms with E-state index in [1.54, 1.807) is 12.1 Å². The van der Waals surface area contributed by atoms with Crippen LogP contribution in [0.2, 0.25) is 0 Å². The summed E-state index contributed by atoms with van der Waals surface area (Å²) in [6.45, 7) is 4.01. The van der Waals surface area contributed by atoms with Crippen molar-refractivity contribution in [2.75, 3.05) is 44.4 Å². The maximum absolute atomic E-state index is 10.6. The molecule has 0 spiro atoms. The van der Waals surface area contributed by atoms with Gasteiger partial charge in [0.25, 0.3) is 0 Å². The van der Waals surface area contributed by atoms with Crippen LogP contribution in [0, 0.1) is 0 Å². The van der Waals surface area contributed by atoms with E-state index >= 15 is 0 Å². The summed E-state index contributed by atoms with van der Waals surface area (Å²) >= 11 is 0. The molecule has 1 aromatic rings. The third-order valence-corrected chi connectivity index (χ3v) is 2.99. The Morgan fingerprint density at radius 3 is 2.59 bits per heavy atom. The number of likely N-dealkylation sites (N-methyl/N-ethyl adjacent to an activating group) is 1. The van der Waals surface area contributed by atoms with Crippen molar-refractivity contribution in [2.45, 2.75) is 0 Å². The molecule has 5 heteroatoms. The standard InChI is InChI=1S/C12H18N4O/c1-15-4-6-16(7-5-15)14-12-3-2-10(9-17)8-11(12)13/h2-3,8-9,14H,4-7,13H2,1H3. The monoisotopic (exact) mass is 234 g/mol. The summed E-state index contributed by atoms with van der Waals surface area (Å²) in [5.74, 6) is 0. The predicted molar refractivity (Wildman–Crippen MR) is 68.9 cm³/mol. The lowest BCUT2D eigenvalue weighted by Crippen LogP contribution is -2.47. The van der Waals surface area contributed by atoms with E-state index in [0.29, 0.717) is 11.3 Å². The fraction of sp³-hybridized carbons (Fsp3) is 0.417. The van der Waals surface area contributed by atoms with Gasteiger partial charge in [-0.1, -0.05) is 0 Å². The second kappa shape index (κ2) is 5.16. The van der Waals surface area contributed by atoms with E-state index in [9.17, 15) is 4.79 Å². The lowest BCUT2D eigenvalue weighted by molar-refractivity contribution is 0.112. The number of carbonyl (C=O) groups is 1. The molecule has 5 nitrogen and oxygen atoms in total. The summed E-state index contributed by atoms with van der Waals surface area (Å²) in [4.78, 5) is 12.9. The number of nitrogens with zero attached hydrogens (tertiary/aromatic N) is 2. The number of hydrogen-bond acceptors (Lipinski definition) is 5. The van der Waals surface area contributed by atoms with Gasteiger partial charge in [0.1, 0.15) is 6.29 Å². The summed E-state index contributed by atoms with van der Waals surface area (Å²) in [5.41, 5.74) is 11.2. The zero-order chi connectivity index (χ0) is 12.3. The van der Waals surface area contributed by atoms with Crippen molar-refractivity contribution in [1.82, 2.24) is 9.91 Å². The Hall–Kier alpha value is -1.59. The number of rotatable bonds is 3. The Balaban J connectivity index is 2.01. The van der Waals surface area contributed by atoms with Crippen LogP contribution in [0.25, 0.3) is 0 Å². The Morgan fingerprint density at radius 1 is 1.29 bits per heavy atom. The van der Waals surface area contributed by atoms with Crippen LogP contribution in [0.5, 0.6) is 0 Å². The average molecular weight is 234 g/mol. The molecule has 1 heterocycles. The molecule has 3 N–H and O–H groups in total. The second-order valence-corrected chi connectivity index (χ2v) is 4.37. The predicted octanol–water partition coefficient (Wildman–Crippen LogP) is 0.656. The third-order valence-electron chi connectivity index (χ3n) is 2.99. The van der Waals surface area contributed by atoms with E-state index in [2.05, 4.69) is 22.4 Å². The SMILES string of the molecule is CN1CCN(Nc2ccc(C=O)cc2N)CC1. The van der Waals surface area contributed by atoms with Crippen molar-refractivity contribution in [3.8, 4) is 0 Å². The molecule has 0 aliphatic carbocycles. The largest absolute Gasteiger partial charge is 0.397 e. The number of hydrazine groups is 1. The number of nitrogen functional groups attached to an aromatic ring is 1. The van der Waals surface area contributed by atoms with Crippen LogP contribution in [0.4, 0.5) is 11.4 Å². The first-order valence-electron chi connectivity index (χ1n) is 5.74. The van der Waals surface area contributed by atoms with Gasteiger partial charge in [0.2, 0.25) is 0 Å². The van der Waals surface area contributed by atoms with Gasteiger partial charge >= 0.3 is 0 Å². The summed E-state index contributed by atoms with van der Waals surface area (Å²) in [5, 5.41) is 2.15. The highest BCUT2D eigenvalue weighted by Gasteiger charge is 2.14. The van der Waals surface area contributed by atoms with Gasteiger partial charge in [0.05, 0.1) is 11.4 Å². The molecule has 0 atom stereocenters. The molecule has 0 amide bonds. The minimum atomic E-state index is 0.603. The summed E-state index contributed by atoms with van der Waals surface area (Å²) < 4.78 is 0. The van der Waals surface area contributed by atoms with Gasteiger partial charge in [0, 0.05) is 31.7 Å². The molecule has 1 aliphatic rings. The molecule has 1 saturated heterocycles. The first-order valence-corrected chi connectivity index (χ1v) is 5.74. The van der Waals surface area contributed by atoms with Crippen LogP contribution in [-0.4, -0.2) is 49.4 Å². The number of nitrogens with two attached hydrogens (primary N) is 1. The maximum atomic E-state index is 10.6. The third kappa shape index (κ3) is 2.95. The summed E-state index contributed by atoms with van der Waals surface area (Å²) in [6, 6.07) is 5.30.